The van der Waals surface area contributed by atoms with Gasteiger partial charge in [-0.1, -0.05) is 6.08 Å². The first-order valence-electron chi connectivity index (χ1n) is 8.05. The highest BCUT2D eigenvalue weighted by atomic mass is 16.7. The highest BCUT2D eigenvalue weighted by Crippen LogP contribution is 2.38. The molecule has 1 aromatic heterocycles. The Hall–Kier alpha value is -1.64. The zero-order valence-corrected chi connectivity index (χ0v) is 15.2. The summed E-state index contributed by atoms with van der Waals surface area (Å²) in [6, 6.07) is -0.711. The van der Waals surface area contributed by atoms with Crippen LogP contribution in [0.5, 0.6) is 0 Å². The zero-order chi connectivity index (χ0) is 18.1. The normalized spacial score (nSPS) is 21.1. The lowest BCUT2D eigenvalue weighted by atomic mass is 9.77. The Labute approximate surface area is 143 Å². The minimum absolute atomic E-state index is 0.410. The average Bonchev–Trinajstić information content (AvgIpc) is 3.00. The topological polar surface area (TPSA) is 85.6 Å². The van der Waals surface area contributed by atoms with E-state index in [1.54, 1.807) is 19.3 Å². The van der Waals surface area contributed by atoms with Crippen LogP contribution in [0.1, 0.15) is 46.2 Å². The molecule has 0 saturated carbocycles. The van der Waals surface area contributed by atoms with Gasteiger partial charge in [-0.2, -0.15) is 5.10 Å². The van der Waals surface area contributed by atoms with E-state index in [2.05, 4.69) is 10.4 Å². The van der Waals surface area contributed by atoms with Gasteiger partial charge in [0.25, 0.3) is 0 Å². The number of hydrogen-bond acceptors (Lipinski definition) is 5. The van der Waals surface area contributed by atoms with Crippen LogP contribution in [-0.2, 0) is 14.1 Å². The summed E-state index contributed by atoms with van der Waals surface area (Å²) < 4.78 is 13.6. The van der Waals surface area contributed by atoms with Crippen molar-refractivity contribution in [3.8, 4) is 0 Å². The molecule has 7 nitrogen and oxygen atoms in total. The van der Waals surface area contributed by atoms with E-state index in [0.717, 1.165) is 11.0 Å². The summed E-state index contributed by atoms with van der Waals surface area (Å²) in [7, 11) is 1.40. The molecule has 1 aliphatic rings. The van der Waals surface area contributed by atoms with Crippen LogP contribution in [-0.4, -0.2) is 52.8 Å². The van der Waals surface area contributed by atoms with Crippen molar-refractivity contribution >= 4 is 19.2 Å². The number of carboxylic acid groups (broad SMARTS) is 1. The smallest absolute Gasteiger partial charge is 0.480 e. The molecular weight excluding hydrogens is 309 g/mol. The molecule has 1 aliphatic heterocycles. The molecule has 2 heterocycles. The maximum atomic E-state index is 11.1. The van der Waals surface area contributed by atoms with Gasteiger partial charge >= 0.3 is 13.1 Å². The molecule has 0 bridgehead atoms. The second-order valence-electron chi connectivity index (χ2n) is 7.11. The van der Waals surface area contributed by atoms with E-state index in [9.17, 15) is 4.79 Å². The van der Waals surface area contributed by atoms with Crippen LogP contribution in [0.15, 0.2) is 17.9 Å². The number of aliphatic carboxylic acids is 1. The number of nitrogens with one attached hydrogen (secondary N) is 1. The van der Waals surface area contributed by atoms with Gasteiger partial charge in [0, 0.05) is 18.3 Å². The lowest BCUT2D eigenvalue weighted by molar-refractivity contribution is -0.140. The first kappa shape index (κ1) is 18.7. The third-order valence-corrected chi connectivity index (χ3v) is 4.66. The fourth-order valence-electron chi connectivity index (χ4n) is 2.37. The van der Waals surface area contributed by atoms with Crippen LogP contribution >= 0.6 is 0 Å². The lowest BCUT2D eigenvalue weighted by Gasteiger charge is -2.32. The van der Waals surface area contributed by atoms with Gasteiger partial charge in [0.1, 0.15) is 6.04 Å². The molecule has 0 unspecified atom stereocenters. The first-order chi connectivity index (χ1) is 11.1. The van der Waals surface area contributed by atoms with Crippen LogP contribution in [0, 0.1) is 0 Å². The second kappa shape index (κ2) is 6.70. The molecule has 2 rings (SSSR count). The molecule has 0 radical (unpaired) electrons. The minimum Gasteiger partial charge on any atom is -0.480 e. The van der Waals surface area contributed by atoms with E-state index >= 15 is 0 Å². The van der Waals surface area contributed by atoms with Crippen LogP contribution in [0.2, 0.25) is 0 Å². The van der Waals surface area contributed by atoms with Gasteiger partial charge in [-0.15, -0.1) is 0 Å². The highest BCUT2D eigenvalue weighted by Gasteiger charge is 2.52. The van der Waals surface area contributed by atoms with Crippen LogP contribution in [0.4, 0.5) is 0 Å². The van der Waals surface area contributed by atoms with Crippen molar-refractivity contribution in [2.75, 3.05) is 13.6 Å². The van der Waals surface area contributed by atoms with E-state index in [1.807, 2.05) is 40.8 Å². The summed E-state index contributed by atoms with van der Waals surface area (Å²) in [6.45, 7) is 10.2. The van der Waals surface area contributed by atoms with Gasteiger partial charge in [0.15, 0.2) is 0 Å². The van der Waals surface area contributed by atoms with Gasteiger partial charge in [0.2, 0.25) is 0 Å². The van der Waals surface area contributed by atoms with Gasteiger partial charge in [0.05, 0.1) is 17.4 Å². The van der Waals surface area contributed by atoms with E-state index in [-0.39, 0.29) is 0 Å². The van der Waals surface area contributed by atoms with E-state index < -0.39 is 30.3 Å². The molecule has 1 atom stereocenters. The fourth-order valence-corrected chi connectivity index (χ4v) is 2.37. The van der Waals surface area contributed by atoms with Crippen molar-refractivity contribution in [1.82, 2.24) is 15.1 Å². The molecule has 0 spiro atoms. The molecule has 0 aromatic carbocycles. The summed E-state index contributed by atoms with van der Waals surface area (Å²) in [5, 5.41) is 16.3. The van der Waals surface area contributed by atoms with E-state index in [1.165, 1.54) is 4.68 Å². The molecule has 1 aromatic rings. The molecular formula is C16H26BN3O4. The van der Waals surface area contributed by atoms with Gasteiger partial charge < -0.3 is 19.7 Å². The van der Waals surface area contributed by atoms with E-state index in [4.69, 9.17) is 14.4 Å². The molecule has 1 saturated heterocycles. The summed E-state index contributed by atoms with van der Waals surface area (Å²) >= 11 is 0. The Balaban J connectivity index is 2.25. The standard InChI is InChI=1S/C16H26BN3O4/c1-11(14(21)22)20-10-12(8-19-20)7-13(9-18-6)17-23-15(2,3)16(4,5)24-17/h7-8,10-11,18H,9H2,1-6H3,(H,21,22)/t11-/m0/s1. The van der Waals surface area contributed by atoms with Gasteiger partial charge in [-0.05, 0) is 47.1 Å². The quantitative estimate of drug-likeness (QED) is 0.771. The maximum Gasteiger partial charge on any atom is 0.491 e. The molecule has 2 N–H and O–H groups in total. The summed E-state index contributed by atoms with van der Waals surface area (Å²) in [5.41, 5.74) is 0.917. The van der Waals surface area contributed by atoms with Crippen molar-refractivity contribution in [3.05, 3.63) is 23.4 Å². The molecule has 24 heavy (non-hydrogen) atoms. The minimum atomic E-state index is -0.921. The predicted molar refractivity (Wildman–Crippen MR) is 92.6 cm³/mol. The molecule has 1 fully saturated rings. The second-order valence-corrected chi connectivity index (χ2v) is 7.11. The summed E-state index contributed by atoms with van der Waals surface area (Å²) in [6.07, 6.45) is 5.27. The van der Waals surface area contributed by atoms with Gasteiger partial charge in [-0.25, -0.2) is 4.79 Å². The largest absolute Gasteiger partial charge is 0.491 e. The van der Waals surface area contributed by atoms with Crippen molar-refractivity contribution in [2.45, 2.75) is 51.9 Å². The summed E-state index contributed by atoms with van der Waals surface area (Å²) in [5.74, 6) is -0.921. The Morgan fingerprint density at radius 3 is 2.50 bits per heavy atom. The van der Waals surface area contributed by atoms with Crippen LogP contribution in [0.3, 0.4) is 0 Å². The SMILES string of the molecule is CNCC(=Cc1cnn([C@@H](C)C(=O)O)c1)B1OC(C)(C)C(C)(C)O1. The monoisotopic (exact) mass is 335 g/mol. The van der Waals surface area contributed by atoms with Gasteiger partial charge in [-0.3, -0.25) is 4.68 Å². The number of rotatable bonds is 6. The van der Waals surface area contributed by atoms with Crippen LogP contribution < -0.4 is 5.32 Å². The number of carbonyl (C=O) groups is 1. The third kappa shape index (κ3) is 3.71. The zero-order valence-electron chi connectivity index (χ0n) is 15.2. The number of nitrogens with zero attached hydrogens (tertiary/aromatic N) is 2. The molecule has 0 aliphatic carbocycles. The van der Waals surface area contributed by atoms with Crippen LogP contribution in [0.25, 0.3) is 6.08 Å². The number of likely N-dealkylation sites (N-methyl/N-ethyl adjacent to an activating group) is 1. The van der Waals surface area contributed by atoms with E-state index in [0.29, 0.717) is 6.54 Å². The van der Waals surface area contributed by atoms with Crippen molar-refractivity contribution in [1.29, 1.82) is 0 Å². The number of carboxylic acids is 1. The molecule has 8 heteroatoms. The van der Waals surface area contributed by atoms with Crippen molar-refractivity contribution in [2.24, 2.45) is 0 Å². The maximum absolute atomic E-state index is 11.1. The lowest BCUT2D eigenvalue weighted by Crippen LogP contribution is -2.41. The Morgan fingerprint density at radius 1 is 1.42 bits per heavy atom. The summed E-state index contributed by atoms with van der Waals surface area (Å²) in [4.78, 5) is 11.1. The number of hydrogen-bond donors (Lipinski definition) is 2. The Kier molecular flexibility index (Phi) is 5.22. The average molecular weight is 335 g/mol. The first-order valence-corrected chi connectivity index (χ1v) is 8.05. The molecule has 132 valence electrons. The van der Waals surface area contributed by atoms with Crippen molar-refractivity contribution in [3.63, 3.8) is 0 Å². The molecule has 0 amide bonds. The number of aromatic nitrogens is 2. The Morgan fingerprint density at radius 2 is 2.00 bits per heavy atom. The highest BCUT2D eigenvalue weighted by molar-refractivity contribution is 6.55. The van der Waals surface area contributed by atoms with Crippen molar-refractivity contribution < 1.29 is 19.2 Å². The predicted octanol–water partition coefficient (Wildman–Crippen LogP) is 1.76. The fraction of sp³-hybridized carbons (Fsp3) is 0.625. The Bertz CT molecular complexity index is 623. The third-order valence-electron chi connectivity index (χ3n) is 4.66.